The summed E-state index contributed by atoms with van der Waals surface area (Å²) in [6.45, 7) is -0.226. The van der Waals surface area contributed by atoms with Crippen LogP contribution in [0, 0.1) is 0 Å². The Kier molecular flexibility index (Phi) is 8.93. The summed E-state index contributed by atoms with van der Waals surface area (Å²) in [5, 5.41) is 43.8. The number of amides is 1. The van der Waals surface area contributed by atoms with Crippen molar-refractivity contribution in [2.24, 2.45) is 0 Å². The van der Waals surface area contributed by atoms with Gasteiger partial charge in [0.25, 0.3) is 0 Å². The molecule has 0 aliphatic carbocycles. The van der Waals surface area contributed by atoms with E-state index in [2.05, 4.69) is 13.7 Å². The van der Waals surface area contributed by atoms with Gasteiger partial charge in [-0.25, -0.2) is 16.8 Å². The maximum absolute atomic E-state index is 11.4. The Labute approximate surface area is 191 Å². The van der Waals surface area contributed by atoms with Gasteiger partial charge in [0.15, 0.2) is 12.4 Å². The fourth-order valence-corrected chi connectivity index (χ4v) is 3.81. The van der Waals surface area contributed by atoms with Crippen molar-refractivity contribution >= 4 is 32.7 Å². The van der Waals surface area contributed by atoms with E-state index in [4.69, 9.17) is 14.2 Å². The molecule has 0 aromatic carbocycles. The molecule has 1 fully saturated rings. The monoisotopic (exact) mass is 536 g/mol. The molecular weight excluding hydrogens is 518 g/mol. The van der Waals surface area contributed by atoms with Crippen molar-refractivity contribution < 1.29 is 78.5 Å². The zero-order valence-electron chi connectivity index (χ0n) is 16.8. The van der Waals surface area contributed by atoms with Crippen LogP contribution in [-0.4, -0.2) is 109 Å². The third-order valence-electron chi connectivity index (χ3n) is 4.33. The quantitative estimate of drug-likeness (QED) is 0.157. The molecule has 18 nitrogen and oxygen atoms in total. The SMILES string of the molecule is CC(=O)N[C@H]1C(O)O[C@H](COS(=O)(=O)[O-])C(O[C@@H]2OC(C(=O)[O-])=C[C@H](O)[C@H]2OS(=O)(=O)[O-])[C@@H]1O. The van der Waals surface area contributed by atoms with Crippen molar-refractivity contribution in [3.63, 3.8) is 0 Å². The molecule has 0 spiro atoms. The van der Waals surface area contributed by atoms with Crippen molar-refractivity contribution in [1.29, 1.82) is 0 Å². The Bertz CT molecular complexity index is 1010. The molecule has 20 heteroatoms. The predicted octanol–water partition coefficient (Wildman–Crippen LogP) is -6.37. The summed E-state index contributed by atoms with van der Waals surface area (Å²) in [7, 11) is -10.9. The zero-order valence-corrected chi connectivity index (χ0v) is 18.4. The molecule has 196 valence electrons. The molecule has 1 saturated heterocycles. The van der Waals surface area contributed by atoms with E-state index in [-0.39, 0.29) is 0 Å². The van der Waals surface area contributed by atoms with Gasteiger partial charge in [0.2, 0.25) is 33.0 Å². The molecule has 0 radical (unpaired) electrons. The first-order valence-corrected chi connectivity index (χ1v) is 11.6. The summed E-state index contributed by atoms with van der Waals surface area (Å²) >= 11 is 0. The van der Waals surface area contributed by atoms with Gasteiger partial charge < -0.3 is 53.9 Å². The number of hydrogen-bond acceptors (Lipinski definition) is 17. The first-order valence-electron chi connectivity index (χ1n) is 8.95. The van der Waals surface area contributed by atoms with Gasteiger partial charge in [0, 0.05) is 6.92 Å². The van der Waals surface area contributed by atoms with Gasteiger partial charge in [-0.05, 0) is 6.08 Å². The number of rotatable bonds is 9. The summed E-state index contributed by atoms with van der Waals surface area (Å²) in [5.41, 5.74) is 0. The maximum Gasteiger partial charge on any atom is 0.231 e. The van der Waals surface area contributed by atoms with Gasteiger partial charge in [0.05, 0.1) is 6.61 Å². The van der Waals surface area contributed by atoms with Gasteiger partial charge in [0.1, 0.15) is 42.2 Å². The number of nitrogens with one attached hydrogen (secondary N) is 1. The van der Waals surface area contributed by atoms with Crippen molar-refractivity contribution in [3.8, 4) is 0 Å². The standard InChI is InChI=1S/C14H21NO17S2/c1-4(16)15-8-9(18)11(7(29-13(8)21)3-28-33(22,23)24)31-14-10(32-34(25,26)27)5(17)2-6(30-14)12(19)20/h2,5,7-11,13-14,17-18,21H,3H2,1H3,(H,15,16)(H,19,20)(H,22,23,24)(H,25,26,27)/p-3/t5-,7+,8+,9+,10+,11?,13?,14-/m0/s1. The molecule has 4 N–H and O–H groups in total. The summed E-state index contributed by atoms with van der Waals surface area (Å²) < 4.78 is 88.7. The second-order valence-electron chi connectivity index (χ2n) is 6.84. The molecule has 2 heterocycles. The second kappa shape index (κ2) is 10.7. The molecule has 0 saturated carbocycles. The predicted molar refractivity (Wildman–Crippen MR) is 93.6 cm³/mol. The van der Waals surface area contributed by atoms with E-state index in [9.17, 15) is 56.0 Å². The van der Waals surface area contributed by atoms with Crippen molar-refractivity contribution in [1.82, 2.24) is 5.32 Å². The number of carboxylic acids is 1. The number of carbonyl (C=O) groups excluding carboxylic acids is 2. The first kappa shape index (κ1) is 28.3. The van der Waals surface area contributed by atoms with Gasteiger partial charge in [-0.3, -0.25) is 13.2 Å². The molecule has 2 unspecified atom stereocenters. The second-order valence-corrected chi connectivity index (χ2v) is 8.90. The summed E-state index contributed by atoms with van der Waals surface area (Å²) in [6.07, 6.45) is -14.3. The Morgan fingerprint density at radius 2 is 1.74 bits per heavy atom. The Balaban J connectivity index is 2.41. The molecule has 1 amide bonds. The molecular formula is C14H18NO17S2-3. The topological polar surface area (TPSA) is 290 Å². The number of hydrogen-bond donors (Lipinski definition) is 4. The number of aliphatic hydroxyl groups is 3. The molecule has 2 rings (SSSR count). The van der Waals surface area contributed by atoms with Crippen LogP contribution in [0.1, 0.15) is 6.92 Å². The minimum atomic E-state index is -5.56. The van der Waals surface area contributed by atoms with Crippen LogP contribution in [0.15, 0.2) is 11.8 Å². The van der Waals surface area contributed by atoms with Crippen LogP contribution in [0.3, 0.4) is 0 Å². The van der Waals surface area contributed by atoms with Crippen LogP contribution in [0.5, 0.6) is 0 Å². The number of carboxylic acid groups (broad SMARTS) is 1. The summed E-state index contributed by atoms with van der Waals surface area (Å²) in [5.74, 6) is -3.94. The molecule has 2 aliphatic heterocycles. The fourth-order valence-electron chi connectivity index (χ4n) is 3.04. The normalized spacial score (nSPS) is 34.6. The van der Waals surface area contributed by atoms with Gasteiger partial charge in [-0.15, -0.1) is 0 Å². The average Bonchev–Trinajstić information content (AvgIpc) is 2.66. The molecule has 8 atom stereocenters. The van der Waals surface area contributed by atoms with Crippen molar-refractivity contribution in [2.45, 2.75) is 56.1 Å². The summed E-state index contributed by atoms with van der Waals surface area (Å²) in [4.78, 5) is 22.5. The first-order chi connectivity index (χ1) is 15.5. The van der Waals surface area contributed by atoms with E-state index >= 15 is 0 Å². The number of carbonyl (C=O) groups is 2. The van der Waals surface area contributed by atoms with Crippen LogP contribution in [0.2, 0.25) is 0 Å². The lowest BCUT2D eigenvalue weighted by atomic mass is 9.96. The third-order valence-corrected chi connectivity index (χ3v) is 5.21. The molecule has 2 aliphatic rings. The van der Waals surface area contributed by atoms with Crippen LogP contribution >= 0.6 is 0 Å². The van der Waals surface area contributed by atoms with Crippen LogP contribution < -0.4 is 10.4 Å². The van der Waals surface area contributed by atoms with E-state index < -0.39 is 94.2 Å². The van der Waals surface area contributed by atoms with E-state index in [0.717, 1.165) is 6.92 Å². The summed E-state index contributed by atoms with van der Waals surface area (Å²) in [6, 6.07) is -1.67. The van der Waals surface area contributed by atoms with Crippen LogP contribution in [0.25, 0.3) is 0 Å². The highest BCUT2D eigenvalue weighted by molar-refractivity contribution is 7.81. The van der Waals surface area contributed by atoms with Crippen LogP contribution in [0.4, 0.5) is 0 Å². The lowest BCUT2D eigenvalue weighted by Crippen LogP contribution is -2.66. The van der Waals surface area contributed by atoms with Gasteiger partial charge >= 0.3 is 0 Å². The fraction of sp³-hybridized carbons (Fsp3) is 0.714. The highest BCUT2D eigenvalue weighted by atomic mass is 32.3. The molecule has 34 heavy (non-hydrogen) atoms. The lowest BCUT2D eigenvalue weighted by molar-refractivity contribution is -0.320. The number of aliphatic carboxylic acids is 1. The highest BCUT2D eigenvalue weighted by Gasteiger charge is 2.49. The van der Waals surface area contributed by atoms with Gasteiger partial charge in [-0.1, -0.05) is 0 Å². The molecule has 0 aromatic heterocycles. The molecule has 0 aromatic rings. The minimum Gasteiger partial charge on any atom is -0.726 e. The van der Waals surface area contributed by atoms with Crippen molar-refractivity contribution in [2.75, 3.05) is 6.61 Å². The highest BCUT2D eigenvalue weighted by Crippen LogP contribution is 2.29. The van der Waals surface area contributed by atoms with E-state index in [1.54, 1.807) is 0 Å². The zero-order chi connectivity index (χ0) is 26.0. The van der Waals surface area contributed by atoms with Gasteiger partial charge in [-0.2, -0.15) is 0 Å². The smallest absolute Gasteiger partial charge is 0.231 e. The van der Waals surface area contributed by atoms with E-state index in [0.29, 0.717) is 6.08 Å². The van der Waals surface area contributed by atoms with Crippen LogP contribution in [-0.2, 0) is 53.0 Å². The minimum absolute atomic E-state index is 0.410. The largest absolute Gasteiger partial charge is 0.726 e. The van der Waals surface area contributed by atoms with E-state index in [1.807, 2.05) is 0 Å². The van der Waals surface area contributed by atoms with Crippen molar-refractivity contribution in [3.05, 3.63) is 11.8 Å². The molecule has 0 bridgehead atoms. The lowest BCUT2D eigenvalue weighted by Gasteiger charge is -2.45. The third kappa shape index (κ3) is 7.78. The maximum atomic E-state index is 11.4. The Hall–Kier alpha value is -1.98. The average molecular weight is 536 g/mol. The Morgan fingerprint density at radius 3 is 2.24 bits per heavy atom. The number of ether oxygens (including phenoxy) is 3. The Morgan fingerprint density at radius 1 is 1.12 bits per heavy atom. The number of aliphatic hydroxyl groups excluding tert-OH is 3. The van der Waals surface area contributed by atoms with E-state index in [1.165, 1.54) is 0 Å².